The Balaban J connectivity index is 1.15. The zero-order chi connectivity index (χ0) is 22.2. The van der Waals surface area contributed by atoms with Gasteiger partial charge in [-0.15, -0.1) is 0 Å². The standard InChI is InChI=1S/C24H20ClN5O3/c25-17-3-1-2-14(10-17)23-28-24(30-29-23)16-4-6-18(26-12-16)15-5-7-21(27-11-15)33-20-13-32-19-8-9-31-22(19)20/h1-7,10-12,19-20,22H,8-9,13H2,(H,28,29,30)/t19-,20?,22+/m1/s1. The fourth-order valence-electron chi connectivity index (χ4n) is 4.14. The van der Waals surface area contributed by atoms with Crippen LogP contribution < -0.4 is 4.74 Å². The van der Waals surface area contributed by atoms with Crippen LogP contribution in [0.1, 0.15) is 6.42 Å². The number of fused-ring (bicyclic) bond motifs is 1. The summed E-state index contributed by atoms with van der Waals surface area (Å²) in [5.41, 5.74) is 3.37. The number of rotatable bonds is 5. The third-order valence-corrected chi connectivity index (χ3v) is 6.06. The molecule has 3 aromatic heterocycles. The molecule has 2 aliphatic heterocycles. The van der Waals surface area contributed by atoms with Gasteiger partial charge in [-0.3, -0.25) is 10.1 Å². The van der Waals surface area contributed by atoms with Crippen LogP contribution in [0.3, 0.4) is 0 Å². The van der Waals surface area contributed by atoms with Crippen LogP contribution in [0.15, 0.2) is 60.9 Å². The minimum absolute atomic E-state index is 0.00395. The maximum absolute atomic E-state index is 6.07. The lowest BCUT2D eigenvalue weighted by Crippen LogP contribution is -2.32. The van der Waals surface area contributed by atoms with E-state index in [1.54, 1.807) is 12.4 Å². The van der Waals surface area contributed by atoms with E-state index in [9.17, 15) is 0 Å². The summed E-state index contributed by atoms with van der Waals surface area (Å²) in [7, 11) is 0. The Bertz CT molecular complexity index is 1260. The first-order chi connectivity index (χ1) is 16.2. The number of aromatic amines is 1. The van der Waals surface area contributed by atoms with E-state index >= 15 is 0 Å². The Morgan fingerprint density at radius 1 is 0.970 bits per heavy atom. The molecule has 0 spiro atoms. The number of hydrogen-bond acceptors (Lipinski definition) is 7. The van der Waals surface area contributed by atoms with Crippen molar-refractivity contribution in [2.45, 2.75) is 24.7 Å². The zero-order valence-electron chi connectivity index (χ0n) is 17.5. The fraction of sp³-hybridized carbons (Fsp3) is 0.250. The molecule has 6 rings (SSSR count). The molecule has 0 saturated carbocycles. The van der Waals surface area contributed by atoms with Crippen LogP contribution in [0.2, 0.25) is 5.02 Å². The summed E-state index contributed by atoms with van der Waals surface area (Å²) < 4.78 is 17.4. The summed E-state index contributed by atoms with van der Waals surface area (Å²) in [6, 6.07) is 15.1. The third-order valence-electron chi connectivity index (χ3n) is 5.83. The van der Waals surface area contributed by atoms with Crippen molar-refractivity contribution in [2.24, 2.45) is 0 Å². The lowest BCUT2D eigenvalue weighted by atomic mass is 10.1. The summed E-state index contributed by atoms with van der Waals surface area (Å²) in [5.74, 6) is 1.77. The number of benzene rings is 1. The van der Waals surface area contributed by atoms with Gasteiger partial charge in [0.05, 0.1) is 18.4 Å². The minimum atomic E-state index is -0.119. The van der Waals surface area contributed by atoms with E-state index in [-0.39, 0.29) is 18.3 Å². The number of aromatic nitrogens is 5. The Morgan fingerprint density at radius 2 is 1.88 bits per heavy atom. The van der Waals surface area contributed by atoms with Crippen LogP contribution >= 0.6 is 11.6 Å². The Kier molecular flexibility index (Phi) is 5.26. The van der Waals surface area contributed by atoms with Crippen molar-refractivity contribution < 1.29 is 14.2 Å². The van der Waals surface area contributed by atoms with E-state index in [1.807, 2.05) is 48.5 Å². The van der Waals surface area contributed by atoms with Gasteiger partial charge in [0.1, 0.15) is 6.10 Å². The van der Waals surface area contributed by atoms with Crippen molar-refractivity contribution in [1.82, 2.24) is 25.1 Å². The van der Waals surface area contributed by atoms with E-state index in [0.29, 0.717) is 29.2 Å². The van der Waals surface area contributed by atoms with Gasteiger partial charge in [0.25, 0.3) is 0 Å². The molecule has 5 heterocycles. The van der Waals surface area contributed by atoms with Gasteiger partial charge >= 0.3 is 0 Å². The Morgan fingerprint density at radius 3 is 2.70 bits per heavy atom. The Hall–Kier alpha value is -3.33. The van der Waals surface area contributed by atoms with Crippen molar-refractivity contribution in [1.29, 1.82) is 0 Å². The second-order valence-electron chi connectivity index (χ2n) is 7.99. The van der Waals surface area contributed by atoms with Gasteiger partial charge in [0, 0.05) is 46.8 Å². The van der Waals surface area contributed by atoms with Crippen LogP contribution in [0.25, 0.3) is 34.0 Å². The first-order valence-electron chi connectivity index (χ1n) is 10.7. The molecule has 33 heavy (non-hydrogen) atoms. The molecular weight excluding hydrogens is 442 g/mol. The summed E-state index contributed by atoms with van der Waals surface area (Å²) in [6.07, 6.45) is 4.45. The molecule has 0 radical (unpaired) electrons. The predicted octanol–water partition coefficient (Wildman–Crippen LogP) is 4.18. The molecule has 1 N–H and O–H groups in total. The average molecular weight is 462 g/mol. The van der Waals surface area contributed by atoms with Gasteiger partial charge in [-0.25, -0.2) is 9.97 Å². The minimum Gasteiger partial charge on any atom is -0.469 e. The van der Waals surface area contributed by atoms with Gasteiger partial charge < -0.3 is 14.2 Å². The van der Waals surface area contributed by atoms with E-state index < -0.39 is 0 Å². The second-order valence-corrected chi connectivity index (χ2v) is 8.42. The van der Waals surface area contributed by atoms with Crippen LogP contribution in [0.5, 0.6) is 5.88 Å². The maximum atomic E-state index is 6.07. The first kappa shape index (κ1) is 20.3. The van der Waals surface area contributed by atoms with Crippen molar-refractivity contribution in [3.8, 4) is 39.9 Å². The van der Waals surface area contributed by atoms with E-state index in [2.05, 4.69) is 25.1 Å². The number of nitrogens with one attached hydrogen (secondary N) is 1. The van der Waals surface area contributed by atoms with Gasteiger partial charge in [-0.1, -0.05) is 23.7 Å². The number of halogens is 1. The summed E-state index contributed by atoms with van der Waals surface area (Å²) >= 11 is 6.07. The van der Waals surface area contributed by atoms with E-state index in [0.717, 1.165) is 35.4 Å². The lowest BCUT2D eigenvalue weighted by molar-refractivity contribution is 0.0289. The van der Waals surface area contributed by atoms with Crippen molar-refractivity contribution in [3.05, 3.63) is 65.9 Å². The average Bonchev–Trinajstić information content (AvgIpc) is 3.59. The van der Waals surface area contributed by atoms with Crippen molar-refractivity contribution in [2.75, 3.05) is 13.2 Å². The van der Waals surface area contributed by atoms with Crippen LogP contribution in [0.4, 0.5) is 0 Å². The number of ether oxygens (including phenoxy) is 3. The molecule has 0 aliphatic carbocycles. The van der Waals surface area contributed by atoms with Gasteiger partial charge in [0.15, 0.2) is 17.8 Å². The molecule has 9 heteroatoms. The summed E-state index contributed by atoms with van der Waals surface area (Å²) in [6.45, 7) is 1.25. The van der Waals surface area contributed by atoms with Crippen LogP contribution in [-0.2, 0) is 9.47 Å². The van der Waals surface area contributed by atoms with Crippen molar-refractivity contribution >= 4 is 11.6 Å². The highest BCUT2D eigenvalue weighted by Crippen LogP contribution is 2.30. The quantitative estimate of drug-likeness (QED) is 0.476. The van der Waals surface area contributed by atoms with Crippen LogP contribution in [0, 0.1) is 0 Å². The maximum Gasteiger partial charge on any atom is 0.213 e. The molecule has 1 aromatic carbocycles. The molecule has 1 unspecified atom stereocenters. The van der Waals surface area contributed by atoms with E-state index in [1.165, 1.54) is 0 Å². The van der Waals surface area contributed by atoms with Gasteiger partial charge in [0.2, 0.25) is 5.88 Å². The molecule has 166 valence electrons. The molecule has 0 bridgehead atoms. The number of hydrogen-bond donors (Lipinski definition) is 1. The van der Waals surface area contributed by atoms with Gasteiger partial charge in [-0.05, 0) is 36.8 Å². The number of H-pyrrole nitrogens is 1. The summed E-state index contributed by atoms with van der Waals surface area (Å²) in [5, 5.41) is 7.91. The third kappa shape index (κ3) is 4.08. The molecular formula is C24H20ClN5O3. The second kappa shape index (κ2) is 8.55. The highest BCUT2D eigenvalue weighted by atomic mass is 35.5. The largest absolute Gasteiger partial charge is 0.469 e. The molecule has 4 aromatic rings. The van der Waals surface area contributed by atoms with E-state index in [4.69, 9.17) is 25.8 Å². The lowest BCUT2D eigenvalue weighted by Gasteiger charge is -2.17. The molecule has 8 nitrogen and oxygen atoms in total. The highest BCUT2D eigenvalue weighted by molar-refractivity contribution is 6.30. The van der Waals surface area contributed by atoms with Crippen LogP contribution in [-0.4, -0.2) is 56.7 Å². The normalized spacial score (nSPS) is 21.8. The molecule has 2 aliphatic rings. The van der Waals surface area contributed by atoms with Crippen molar-refractivity contribution in [3.63, 3.8) is 0 Å². The molecule has 0 amide bonds. The number of pyridine rings is 2. The van der Waals surface area contributed by atoms with Gasteiger partial charge in [-0.2, -0.15) is 5.10 Å². The zero-order valence-corrected chi connectivity index (χ0v) is 18.3. The molecule has 3 atom stereocenters. The predicted molar refractivity (Wildman–Crippen MR) is 122 cm³/mol. The fourth-order valence-corrected chi connectivity index (χ4v) is 4.33. The SMILES string of the molecule is Clc1cccc(-c2nc(-c3ccc(-c4ccc(OC5CO[C@@H]6CCO[C@H]56)nc4)nc3)n[nH]2)c1. The topological polar surface area (TPSA) is 95.0 Å². The highest BCUT2D eigenvalue weighted by Gasteiger charge is 2.43. The smallest absolute Gasteiger partial charge is 0.213 e. The monoisotopic (exact) mass is 461 g/mol. The molecule has 2 saturated heterocycles. The number of nitrogens with zero attached hydrogens (tertiary/aromatic N) is 4. The summed E-state index contributed by atoms with van der Waals surface area (Å²) in [4.78, 5) is 13.6. The Labute approximate surface area is 194 Å². The molecule has 2 fully saturated rings. The first-order valence-corrected chi connectivity index (χ1v) is 11.1.